The standard InChI is InChI=1S/C25H23BrClN3O5/c1-33-21-6-4-3-5-19(21)25(32)28-14-23(31)30-29-13-17-11-20(26)24(22(12-17)34-2)35-15-16-7-9-18(27)10-8-16/h3-13H,14-15H2,1-2H3,(H,28,32)(H,30,31). The highest BCUT2D eigenvalue weighted by Gasteiger charge is 2.13. The van der Waals surface area contributed by atoms with E-state index >= 15 is 0 Å². The molecule has 0 spiro atoms. The van der Waals surface area contributed by atoms with Crippen molar-refractivity contribution < 1.29 is 23.8 Å². The number of para-hydroxylation sites is 1. The fraction of sp³-hybridized carbons (Fsp3) is 0.160. The maximum atomic E-state index is 12.3. The largest absolute Gasteiger partial charge is 0.496 e. The van der Waals surface area contributed by atoms with Crippen molar-refractivity contribution in [3.05, 3.63) is 86.8 Å². The highest BCUT2D eigenvalue weighted by molar-refractivity contribution is 9.10. The van der Waals surface area contributed by atoms with Crippen molar-refractivity contribution in [1.29, 1.82) is 0 Å². The molecule has 2 N–H and O–H groups in total. The van der Waals surface area contributed by atoms with Gasteiger partial charge in [0.2, 0.25) is 0 Å². The molecule has 3 aromatic rings. The Morgan fingerprint density at radius 3 is 2.46 bits per heavy atom. The van der Waals surface area contributed by atoms with Crippen LogP contribution in [0.2, 0.25) is 5.02 Å². The number of amides is 2. The topological polar surface area (TPSA) is 98.2 Å². The van der Waals surface area contributed by atoms with Crippen LogP contribution >= 0.6 is 27.5 Å². The van der Waals surface area contributed by atoms with Crippen LogP contribution in [-0.2, 0) is 11.4 Å². The molecule has 35 heavy (non-hydrogen) atoms. The monoisotopic (exact) mass is 559 g/mol. The van der Waals surface area contributed by atoms with Gasteiger partial charge in [-0.05, 0) is 63.5 Å². The molecule has 0 heterocycles. The SMILES string of the molecule is COc1ccccc1C(=O)NCC(=O)NN=Cc1cc(Br)c(OCc2ccc(Cl)cc2)c(OC)c1. The van der Waals surface area contributed by atoms with Crippen molar-refractivity contribution in [2.24, 2.45) is 5.10 Å². The number of hydrogen-bond acceptors (Lipinski definition) is 6. The first-order valence-electron chi connectivity index (χ1n) is 10.4. The molecule has 182 valence electrons. The Hall–Kier alpha value is -3.56. The summed E-state index contributed by atoms with van der Waals surface area (Å²) in [7, 11) is 3.00. The van der Waals surface area contributed by atoms with E-state index in [2.05, 4.69) is 31.8 Å². The fourth-order valence-corrected chi connectivity index (χ4v) is 3.70. The summed E-state index contributed by atoms with van der Waals surface area (Å²) in [5, 5.41) is 7.13. The summed E-state index contributed by atoms with van der Waals surface area (Å²) >= 11 is 9.41. The lowest BCUT2D eigenvalue weighted by Crippen LogP contribution is -2.35. The van der Waals surface area contributed by atoms with Crippen LogP contribution < -0.4 is 25.0 Å². The van der Waals surface area contributed by atoms with Gasteiger partial charge in [-0.2, -0.15) is 5.10 Å². The first-order chi connectivity index (χ1) is 16.9. The minimum absolute atomic E-state index is 0.251. The van der Waals surface area contributed by atoms with Gasteiger partial charge in [0.25, 0.3) is 11.8 Å². The summed E-state index contributed by atoms with van der Waals surface area (Å²) in [6, 6.07) is 17.6. The van der Waals surface area contributed by atoms with Crippen LogP contribution in [0, 0.1) is 0 Å². The third-order valence-electron chi connectivity index (χ3n) is 4.71. The number of halogens is 2. The highest BCUT2D eigenvalue weighted by Crippen LogP contribution is 2.37. The van der Waals surface area contributed by atoms with Gasteiger partial charge in [0, 0.05) is 5.02 Å². The summed E-state index contributed by atoms with van der Waals surface area (Å²) in [4.78, 5) is 24.4. The molecule has 3 rings (SSSR count). The summed E-state index contributed by atoms with van der Waals surface area (Å²) < 4.78 is 17.2. The number of methoxy groups -OCH3 is 2. The van der Waals surface area contributed by atoms with Crippen molar-refractivity contribution in [2.75, 3.05) is 20.8 Å². The van der Waals surface area contributed by atoms with Crippen molar-refractivity contribution in [1.82, 2.24) is 10.7 Å². The van der Waals surface area contributed by atoms with E-state index in [9.17, 15) is 9.59 Å². The van der Waals surface area contributed by atoms with E-state index in [4.69, 9.17) is 25.8 Å². The Bertz CT molecular complexity index is 1220. The Labute approximate surface area is 216 Å². The molecule has 0 radical (unpaired) electrons. The van der Waals surface area contributed by atoms with E-state index in [1.165, 1.54) is 20.4 Å². The maximum absolute atomic E-state index is 12.3. The number of ether oxygens (including phenoxy) is 3. The maximum Gasteiger partial charge on any atom is 0.259 e. The average Bonchev–Trinajstić information content (AvgIpc) is 2.87. The van der Waals surface area contributed by atoms with E-state index in [0.29, 0.717) is 44.5 Å². The number of nitrogens with one attached hydrogen (secondary N) is 2. The highest BCUT2D eigenvalue weighted by atomic mass is 79.9. The van der Waals surface area contributed by atoms with Crippen LogP contribution in [0.4, 0.5) is 0 Å². The number of benzene rings is 3. The Kier molecular flexibility index (Phi) is 9.51. The van der Waals surface area contributed by atoms with E-state index in [0.717, 1.165) is 5.56 Å². The quantitative estimate of drug-likeness (QED) is 0.279. The Morgan fingerprint density at radius 2 is 1.74 bits per heavy atom. The molecule has 0 aromatic heterocycles. The molecule has 3 aromatic carbocycles. The van der Waals surface area contributed by atoms with Gasteiger partial charge < -0.3 is 19.5 Å². The molecule has 0 atom stereocenters. The predicted octanol–water partition coefficient (Wildman–Crippen LogP) is 4.58. The first kappa shape index (κ1) is 26.1. The van der Waals surface area contributed by atoms with Crippen LogP contribution in [-0.4, -0.2) is 38.8 Å². The second kappa shape index (κ2) is 12.8. The zero-order valence-corrected chi connectivity index (χ0v) is 21.4. The number of hydrazone groups is 1. The predicted molar refractivity (Wildman–Crippen MR) is 138 cm³/mol. The molecule has 0 fully saturated rings. The van der Waals surface area contributed by atoms with E-state index < -0.39 is 11.8 Å². The van der Waals surface area contributed by atoms with E-state index in [1.807, 2.05) is 12.1 Å². The molecule has 10 heteroatoms. The summed E-state index contributed by atoms with van der Waals surface area (Å²) in [5.74, 6) is 0.527. The van der Waals surface area contributed by atoms with Crippen molar-refractivity contribution in [3.63, 3.8) is 0 Å². The first-order valence-corrected chi connectivity index (χ1v) is 11.6. The minimum atomic E-state index is -0.488. The lowest BCUT2D eigenvalue weighted by molar-refractivity contribution is -0.120. The van der Waals surface area contributed by atoms with E-state index in [-0.39, 0.29) is 6.54 Å². The zero-order valence-electron chi connectivity index (χ0n) is 19.0. The second-order valence-corrected chi connectivity index (χ2v) is 8.42. The van der Waals surface area contributed by atoms with Gasteiger partial charge in [-0.3, -0.25) is 9.59 Å². The zero-order chi connectivity index (χ0) is 25.2. The fourth-order valence-electron chi connectivity index (χ4n) is 3.00. The lowest BCUT2D eigenvalue weighted by atomic mass is 10.2. The second-order valence-electron chi connectivity index (χ2n) is 7.13. The van der Waals surface area contributed by atoms with Gasteiger partial charge in [-0.15, -0.1) is 0 Å². The summed E-state index contributed by atoms with van der Waals surface area (Å²) in [6.45, 7) is 0.0783. The molecular formula is C25H23BrClN3O5. The third-order valence-corrected chi connectivity index (χ3v) is 5.55. The van der Waals surface area contributed by atoms with Crippen LogP contribution in [0.5, 0.6) is 17.2 Å². The van der Waals surface area contributed by atoms with Crippen molar-refractivity contribution in [3.8, 4) is 17.2 Å². The van der Waals surface area contributed by atoms with Crippen LogP contribution in [0.3, 0.4) is 0 Å². The van der Waals surface area contributed by atoms with Gasteiger partial charge in [0.1, 0.15) is 12.4 Å². The molecule has 0 unspecified atom stereocenters. The molecule has 0 aliphatic rings. The number of rotatable bonds is 10. The van der Waals surface area contributed by atoms with Crippen molar-refractivity contribution in [2.45, 2.75) is 6.61 Å². The summed E-state index contributed by atoms with van der Waals surface area (Å²) in [5.41, 5.74) is 4.32. The number of hydrogen-bond donors (Lipinski definition) is 2. The smallest absolute Gasteiger partial charge is 0.259 e. The molecule has 2 amide bonds. The lowest BCUT2D eigenvalue weighted by Gasteiger charge is -2.13. The number of carbonyl (C=O) groups is 2. The van der Waals surface area contributed by atoms with Gasteiger partial charge in [-0.1, -0.05) is 35.9 Å². The van der Waals surface area contributed by atoms with Crippen molar-refractivity contribution >= 4 is 45.6 Å². The van der Waals surface area contributed by atoms with Gasteiger partial charge >= 0.3 is 0 Å². The molecule has 0 aliphatic carbocycles. The number of carbonyl (C=O) groups excluding carboxylic acids is 2. The summed E-state index contributed by atoms with van der Waals surface area (Å²) in [6.07, 6.45) is 1.45. The van der Waals surface area contributed by atoms with Crippen LogP contribution in [0.25, 0.3) is 0 Å². The van der Waals surface area contributed by atoms with E-state index in [1.54, 1.807) is 48.5 Å². The van der Waals surface area contributed by atoms with Gasteiger partial charge in [0.05, 0.1) is 37.0 Å². The molecule has 0 saturated carbocycles. The molecule has 0 bridgehead atoms. The normalized spacial score (nSPS) is 10.6. The molecule has 8 nitrogen and oxygen atoms in total. The third kappa shape index (κ3) is 7.46. The Balaban J connectivity index is 1.56. The van der Waals surface area contributed by atoms with Crippen LogP contribution in [0.1, 0.15) is 21.5 Å². The van der Waals surface area contributed by atoms with Gasteiger partial charge in [-0.25, -0.2) is 5.43 Å². The minimum Gasteiger partial charge on any atom is -0.496 e. The Morgan fingerprint density at radius 1 is 1.03 bits per heavy atom. The molecule has 0 aliphatic heterocycles. The number of nitrogens with zero attached hydrogens (tertiary/aromatic N) is 1. The molecule has 0 saturated heterocycles. The average molecular weight is 561 g/mol. The van der Waals surface area contributed by atoms with Crippen LogP contribution in [0.15, 0.2) is 70.2 Å². The molecular weight excluding hydrogens is 538 g/mol. The van der Waals surface area contributed by atoms with Gasteiger partial charge in [0.15, 0.2) is 11.5 Å².